The fourth-order valence-corrected chi connectivity index (χ4v) is 6.33. The van der Waals surface area contributed by atoms with Gasteiger partial charge in [0.25, 0.3) is 0 Å². The van der Waals surface area contributed by atoms with Gasteiger partial charge in [0.05, 0.1) is 35.2 Å². The monoisotopic (exact) mass is 406 g/mol. The maximum absolute atomic E-state index is 12.9. The Morgan fingerprint density at radius 3 is 2.35 bits per heavy atom. The highest BCUT2D eigenvalue weighted by atomic mass is 32.2. The van der Waals surface area contributed by atoms with Gasteiger partial charge in [-0.3, -0.25) is 4.79 Å². The number of carbonyl (C=O) groups is 1. The van der Waals surface area contributed by atoms with E-state index >= 15 is 0 Å². The minimum atomic E-state index is -4.12. The Kier molecular flexibility index (Phi) is 6.40. The van der Waals surface area contributed by atoms with Crippen molar-refractivity contribution in [3.05, 3.63) is 29.8 Å². The molecule has 0 spiro atoms. The van der Waals surface area contributed by atoms with E-state index < -0.39 is 50.1 Å². The molecule has 1 fully saturated rings. The fraction of sp³-hybridized carbons (Fsp3) is 0.533. The third kappa shape index (κ3) is 4.80. The van der Waals surface area contributed by atoms with Gasteiger partial charge in [0.2, 0.25) is 15.9 Å². The van der Waals surface area contributed by atoms with Crippen LogP contribution < -0.4 is 5.32 Å². The maximum atomic E-state index is 12.9. The van der Waals surface area contributed by atoms with Crippen molar-refractivity contribution in [2.45, 2.75) is 30.5 Å². The van der Waals surface area contributed by atoms with E-state index in [0.29, 0.717) is 5.56 Å². The maximum Gasteiger partial charge on any atom is 0.243 e. The van der Waals surface area contributed by atoms with Gasteiger partial charge in [0, 0.05) is 20.0 Å². The molecule has 146 valence electrons. The van der Waals surface area contributed by atoms with E-state index in [4.69, 9.17) is 0 Å². The lowest BCUT2D eigenvalue weighted by molar-refractivity contribution is -0.119. The van der Waals surface area contributed by atoms with Crippen LogP contribution in [0.4, 0.5) is 0 Å². The molecule has 1 aliphatic rings. The van der Waals surface area contributed by atoms with Crippen molar-refractivity contribution in [2.75, 3.05) is 24.7 Å². The molecule has 26 heavy (non-hydrogen) atoms. The normalized spacial score (nSPS) is 22.5. The molecule has 1 amide bonds. The summed E-state index contributed by atoms with van der Waals surface area (Å²) >= 11 is 0. The van der Waals surface area contributed by atoms with Gasteiger partial charge in [-0.1, -0.05) is 12.1 Å². The number of hydrogen-bond acceptors (Lipinski definition) is 7. The van der Waals surface area contributed by atoms with E-state index in [1.807, 2.05) is 0 Å². The van der Waals surface area contributed by atoms with Crippen LogP contribution >= 0.6 is 0 Å². The Morgan fingerprint density at radius 2 is 1.88 bits per heavy atom. The average Bonchev–Trinajstić information content (AvgIpc) is 2.83. The minimum Gasteiger partial charge on any atom is -0.395 e. The molecule has 9 nitrogen and oxygen atoms in total. The molecule has 1 aromatic rings. The summed E-state index contributed by atoms with van der Waals surface area (Å²) in [5.41, 5.74) is 0.691. The second kappa shape index (κ2) is 8.01. The van der Waals surface area contributed by atoms with Gasteiger partial charge in [-0.25, -0.2) is 16.8 Å². The highest BCUT2D eigenvalue weighted by Gasteiger charge is 2.44. The number of rotatable bonds is 7. The molecule has 0 saturated carbocycles. The average molecular weight is 406 g/mol. The van der Waals surface area contributed by atoms with Gasteiger partial charge in [0.1, 0.15) is 0 Å². The summed E-state index contributed by atoms with van der Waals surface area (Å²) in [6, 6.07) is 4.60. The van der Waals surface area contributed by atoms with E-state index in [2.05, 4.69) is 5.32 Å². The first-order chi connectivity index (χ1) is 12.1. The lowest BCUT2D eigenvalue weighted by Crippen LogP contribution is -2.47. The Hall–Kier alpha value is -1.53. The molecule has 2 rings (SSSR count). The second-order valence-corrected chi connectivity index (χ2v) is 10.1. The Balaban J connectivity index is 2.28. The van der Waals surface area contributed by atoms with Gasteiger partial charge in [0.15, 0.2) is 9.84 Å². The summed E-state index contributed by atoms with van der Waals surface area (Å²) in [4.78, 5) is 10.8. The quantitative estimate of drug-likeness (QED) is 0.498. The van der Waals surface area contributed by atoms with Crippen LogP contribution in [0.5, 0.6) is 0 Å². The summed E-state index contributed by atoms with van der Waals surface area (Å²) in [6.45, 7) is 0.776. The number of nitrogens with one attached hydrogen (secondary N) is 1. The van der Waals surface area contributed by atoms with E-state index in [1.165, 1.54) is 31.2 Å². The van der Waals surface area contributed by atoms with E-state index in [1.54, 1.807) is 0 Å². The number of sulfone groups is 1. The molecular weight excluding hydrogens is 384 g/mol. The predicted molar refractivity (Wildman–Crippen MR) is 93.4 cm³/mol. The lowest BCUT2D eigenvalue weighted by atomic mass is 10.2. The minimum absolute atomic E-state index is 0.0889. The summed E-state index contributed by atoms with van der Waals surface area (Å²) in [6.07, 6.45) is -1.35. The number of aliphatic hydroxyl groups excluding tert-OH is 2. The summed E-state index contributed by atoms with van der Waals surface area (Å²) in [5, 5.41) is 21.8. The molecule has 3 N–H and O–H groups in total. The molecule has 1 heterocycles. The Bertz CT molecular complexity index is 850. The van der Waals surface area contributed by atoms with Crippen LogP contribution in [0.2, 0.25) is 0 Å². The Labute approximate surface area is 152 Å². The fourth-order valence-electron chi connectivity index (χ4n) is 2.79. The third-order valence-electron chi connectivity index (χ3n) is 4.06. The van der Waals surface area contributed by atoms with Gasteiger partial charge >= 0.3 is 0 Å². The number of benzene rings is 1. The zero-order chi connectivity index (χ0) is 19.5. The highest BCUT2D eigenvalue weighted by Crippen LogP contribution is 2.25. The van der Waals surface area contributed by atoms with E-state index in [0.717, 1.165) is 4.31 Å². The lowest BCUT2D eigenvalue weighted by Gasteiger charge is -2.28. The third-order valence-corrected chi connectivity index (χ3v) is 7.69. The summed E-state index contributed by atoms with van der Waals surface area (Å²) in [5.74, 6) is -1.22. The Morgan fingerprint density at radius 1 is 1.27 bits per heavy atom. The first-order valence-electron chi connectivity index (χ1n) is 7.91. The van der Waals surface area contributed by atoms with Crippen LogP contribution in [0.3, 0.4) is 0 Å². The smallest absolute Gasteiger partial charge is 0.243 e. The van der Waals surface area contributed by atoms with Crippen molar-refractivity contribution in [3.8, 4) is 0 Å². The van der Waals surface area contributed by atoms with Crippen molar-refractivity contribution in [1.82, 2.24) is 9.62 Å². The molecule has 1 aromatic carbocycles. The van der Waals surface area contributed by atoms with Crippen LogP contribution in [0.15, 0.2) is 29.2 Å². The predicted octanol–water partition coefficient (Wildman–Crippen LogP) is -1.54. The van der Waals surface area contributed by atoms with Gasteiger partial charge in [-0.15, -0.1) is 0 Å². The molecule has 2 atom stereocenters. The van der Waals surface area contributed by atoms with Gasteiger partial charge in [-0.05, 0) is 17.7 Å². The van der Waals surface area contributed by atoms with Crippen molar-refractivity contribution in [1.29, 1.82) is 0 Å². The molecule has 0 aromatic heterocycles. The molecule has 0 aliphatic carbocycles. The number of hydrogen-bond donors (Lipinski definition) is 3. The van der Waals surface area contributed by atoms with Gasteiger partial charge in [-0.2, -0.15) is 4.31 Å². The first-order valence-corrected chi connectivity index (χ1v) is 11.2. The molecule has 1 saturated heterocycles. The van der Waals surface area contributed by atoms with Crippen LogP contribution in [0, 0.1) is 0 Å². The number of aliphatic hydroxyl groups is 2. The molecule has 1 aliphatic heterocycles. The molecule has 0 bridgehead atoms. The molecule has 11 heteroatoms. The summed E-state index contributed by atoms with van der Waals surface area (Å²) in [7, 11) is -7.67. The van der Waals surface area contributed by atoms with Crippen LogP contribution in [-0.4, -0.2) is 74.1 Å². The van der Waals surface area contributed by atoms with Crippen LogP contribution in [0.1, 0.15) is 12.5 Å². The van der Waals surface area contributed by atoms with Crippen LogP contribution in [0.25, 0.3) is 0 Å². The van der Waals surface area contributed by atoms with Crippen LogP contribution in [-0.2, 0) is 31.2 Å². The van der Waals surface area contributed by atoms with Crippen molar-refractivity contribution in [2.24, 2.45) is 0 Å². The van der Waals surface area contributed by atoms with Crippen molar-refractivity contribution in [3.63, 3.8) is 0 Å². The van der Waals surface area contributed by atoms with E-state index in [-0.39, 0.29) is 23.9 Å². The van der Waals surface area contributed by atoms with Crippen molar-refractivity contribution < 1.29 is 31.8 Å². The molecular formula is C15H22N2O7S2. The highest BCUT2D eigenvalue weighted by molar-refractivity contribution is 7.92. The first kappa shape index (κ1) is 20.8. The zero-order valence-corrected chi connectivity index (χ0v) is 15.8. The SMILES string of the molecule is CC(=O)NCc1ccc(S(=O)(=O)N(CCO)[C@H]2CS(=O)(=O)C[C@@H]2O)cc1. The summed E-state index contributed by atoms with van der Waals surface area (Å²) < 4.78 is 50.0. The standard InChI is InChI=1S/C15H22N2O7S2/c1-11(19)16-8-12-2-4-13(5-3-12)26(23,24)17(6-7-18)14-9-25(21,22)10-15(14)20/h2-5,14-15,18,20H,6-10H2,1H3,(H,16,19)/t14-,15-/m0/s1. The largest absolute Gasteiger partial charge is 0.395 e. The number of sulfonamides is 1. The zero-order valence-electron chi connectivity index (χ0n) is 14.2. The number of carbonyl (C=O) groups excluding carboxylic acids is 1. The number of nitrogens with zero attached hydrogens (tertiary/aromatic N) is 1. The molecule has 0 unspecified atom stereocenters. The van der Waals surface area contributed by atoms with Crippen molar-refractivity contribution >= 4 is 25.8 Å². The van der Waals surface area contributed by atoms with Gasteiger partial charge < -0.3 is 15.5 Å². The second-order valence-electron chi connectivity index (χ2n) is 6.10. The topological polar surface area (TPSA) is 141 Å². The number of amides is 1. The van der Waals surface area contributed by atoms with E-state index in [9.17, 15) is 31.8 Å². The molecule has 0 radical (unpaired) electrons.